The van der Waals surface area contributed by atoms with Crippen molar-refractivity contribution in [2.45, 2.75) is 46.3 Å². The summed E-state index contributed by atoms with van der Waals surface area (Å²) in [6.45, 7) is 11.9. The van der Waals surface area contributed by atoms with E-state index in [4.69, 9.17) is 4.74 Å². The van der Waals surface area contributed by atoms with Gasteiger partial charge in [0.25, 0.3) is 0 Å². The van der Waals surface area contributed by atoms with Gasteiger partial charge in [0.05, 0.1) is 5.60 Å². The zero-order valence-corrected chi connectivity index (χ0v) is 11.9. The summed E-state index contributed by atoms with van der Waals surface area (Å²) >= 11 is 2.02. The van der Waals surface area contributed by atoms with E-state index in [0.717, 1.165) is 12.5 Å². The Bertz CT molecular complexity index is 160. The number of hydrogen-bond acceptors (Lipinski definition) is 3. The number of rotatable bonds is 8. The van der Waals surface area contributed by atoms with Gasteiger partial charge >= 0.3 is 0 Å². The van der Waals surface area contributed by atoms with Gasteiger partial charge in [-0.1, -0.05) is 13.8 Å². The molecule has 0 rings (SSSR count). The Morgan fingerprint density at radius 3 is 2.27 bits per heavy atom. The number of ether oxygens (including phenoxy) is 1. The normalized spacial score (nSPS) is 14.6. The van der Waals surface area contributed by atoms with Crippen molar-refractivity contribution in [3.05, 3.63) is 0 Å². The summed E-state index contributed by atoms with van der Waals surface area (Å²) in [5.74, 6) is 3.22. The predicted octanol–water partition coefficient (Wildman–Crippen LogP) is 2.78. The molecule has 3 heteroatoms. The van der Waals surface area contributed by atoms with Gasteiger partial charge in [0.1, 0.15) is 0 Å². The smallest absolute Gasteiger partial charge is 0.0746 e. The summed E-state index contributed by atoms with van der Waals surface area (Å²) in [6.07, 6.45) is 0. The van der Waals surface area contributed by atoms with Gasteiger partial charge in [-0.15, -0.1) is 0 Å². The van der Waals surface area contributed by atoms with Gasteiger partial charge in [-0.25, -0.2) is 0 Å². The SMILES string of the molecule is COC(C)(C)CNC(C)CSCC(C)C. The van der Waals surface area contributed by atoms with Crippen molar-refractivity contribution < 1.29 is 4.74 Å². The lowest BCUT2D eigenvalue weighted by Crippen LogP contribution is -2.41. The van der Waals surface area contributed by atoms with Crippen molar-refractivity contribution in [3.8, 4) is 0 Å². The largest absolute Gasteiger partial charge is 0.377 e. The van der Waals surface area contributed by atoms with E-state index >= 15 is 0 Å². The summed E-state index contributed by atoms with van der Waals surface area (Å²) in [5, 5.41) is 3.50. The van der Waals surface area contributed by atoms with E-state index in [1.807, 2.05) is 11.8 Å². The maximum atomic E-state index is 5.36. The topological polar surface area (TPSA) is 21.3 Å². The van der Waals surface area contributed by atoms with Gasteiger partial charge in [-0.3, -0.25) is 0 Å². The molecule has 0 spiro atoms. The number of nitrogens with one attached hydrogen (secondary N) is 1. The van der Waals surface area contributed by atoms with Gasteiger partial charge in [-0.05, 0) is 32.4 Å². The molecule has 1 N–H and O–H groups in total. The minimum absolute atomic E-state index is 0.0586. The van der Waals surface area contributed by atoms with Crippen LogP contribution < -0.4 is 5.32 Å². The number of thioether (sulfide) groups is 1. The third-order valence-electron chi connectivity index (χ3n) is 2.25. The van der Waals surface area contributed by atoms with E-state index in [1.165, 1.54) is 11.5 Å². The standard InChI is InChI=1S/C12H27NOS/c1-10(2)7-15-8-11(3)13-9-12(4,5)14-6/h10-11,13H,7-9H2,1-6H3. The summed E-state index contributed by atoms with van der Waals surface area (Å²) in [5.41, 5.74) is -0.0586. The lowest BCUT2D eigenvalue weighted by atomic mass is 10.1. The van der Waals surface area contributed by atoms with Crippen LogP contribution in [0.2, 0.25) is 0 Å². The van der Waals surface area contributed by atoms with Crippen LogP contribution in [0.1, 0.15) is 34.6 Å². The molecule has 0 aliphatic heterocycles. The Morgan fingerprint density at radius 1 is 1.20 bits per heavy atom. The molecule has 0 bridgehead atoms. The molecule has 0 aliphatic carbocycles. The Hall–Kier alpha value is 0.270. The van der Waals surface area contributed by atoms with Crippen molar-refractivity contribution in [1.29, 1.82) is 0 Å². The molecule has 0 aromatic rings. The van der Waals surface area contributed by atoms with E-state index in [9.17, 15) is 0 Å². The highest BCUT2D eigenvalue weighted by Gasteiger charge is 2.16. The molecule has 1 unspecified atom stereocenters. The molecule has 0 amide bonds. The third-order valence-corrected chi connectivity index (χ3v) is 3.89. The van der Waals surface area contributed by atoms with Crippen LogP contribution in [0.3, 0.4) is 0 Å². The van der Waals surface area contributed by atoms with Gasteiger partial charge in [0.2, 0.25) is 0 Å². The third kappa shape index (κ3) is 9.21. The van der Waals surface area contributed by atoms with Crippen molar-refractivity contribution in [1.82, 2.24) is 5.32 Å². The fourth-order valence-electron chi connectivity index (χ4n) is 1.03. The fourth-order valence-corrected chi connectivity index (χ4v) is 2.11. The minimum atomic E-state index is -0.0586. The molecule has 0 aliphatic rings. The molecule has 1 atom stereocenters. The van der Waals surface area contributed by atoms with Crippen LogP contribution in [0, 0.1) is 5.92 Å². The van der Waals surface area contributed by atoms with Crippen LogP contribution in [-0.2, 0) is 4.74 Å². The maximum absolute atomic E-state index is 5.36. The van der Waals surface area contributed by atoms with E-state index in [1.54, 1.807) is 7.11 Å². The van der Waals surface area contributed by atoms with E-state index in [2.05, 4.69) is 39.9 Å². The van der Waals surface area contributed by atoms with Crippen molar-refractivity contribution >= 4 is 11.8 Å². The summed E-state index contributed by atoms with van der Waals surface area (Å²) < 4.78 is 5.36. The van der Waals surface area contributed by atoms with Crippen molar-refractivity contribution in [3.63, 3.8) is 0 Å². The molecular formula is C12H27NOS. The predicted molar refractivity (Wildman–Crippen MR) is 70.7 cm³/mol. The second kappa shape index (κ2) is 7.53. The molecule has 2 nitrogen and oxygen atoms in total. The first-order valence-corrected chi connectivity index (χ1v) is 6.89. The van der Waals surface area contributed by atoms with Crippen LogP contribution in [0.5, 0.6) is 0 Å². The molecule has 0 saturated heterocycles. The number of methoxy groups -OCH3 is 1. The number of hydrogen-bond donors (Lipinski definition) is 1. The van der Waals surface area contributed by atoms with Crippen molar-refractivity contribution in [2.75, 3.05) is 25.2 Å². The molecule has 0 radical (unpaired) electrons. The minimum Gasteiger partial charge on any atom is -0.377 e. The molecule has 0 saturated carbocycles. The molecule has 15 heavy (non-hydrogen) atoms. The van der Waals surface area contributed by atoms with Crippen LogP contribution in [0.4, 0.5) is 0 Å². The lowest BCUT2D eigenvalue weighted by Gasteiger charge is -2.25. The molecular weight excluding hydrogens is 206 g/mol. The van der Waals surface area contributed by atoms with Crippen LogP contribution in [0.25, 0.3) is 0 Å². The second-order valence-corrected chi connectivity index (χ2v) is 6.25. The van der Waals surface area contributed by atoms with E-state index in [-0.39, 0.29) is 5.60 Å². The van der Waals surface area contributed by atoms with Crippen molar-refractivity contribution in [2.24, 2.45) is 5.92 Å². The summed E-state index contributed by atoms with van der Waals surface area (Å²) in [6, 6.07) is 0.558. The fraction of sp³-hybridized carbons (Fsp3) is 1.00. The average molecular weight is 233 g/mol. The Kier molecular flexibility index (Phi) is 7.66. The highest BCUT2D eigenvalue weighted by Crippen LogP contribution is 2.10. The Morgan fingerprint density at radius 2 is 1.80 bits per heavy atom. The van der Waals surface area contributed by atoms with E-state index < -0.39 is 0 Å². The Labute approximate surface area is 99.5 Å². The average Bonchev–Trinajstić information content (AvgIpc) is 2.14. The second-order valence-electron chi connectivity index (χ2n) is 5.18. The van der Waals surface area contributed by atoms with Crippen LogP contribution >= 0.6 is 11.8 Å². The molecule has 0 heterocycles. The first-order valence-electron chi connectivity index (χ1n) is 5.73. The molecule has 92 valence electrons. The monoisotopic (exact) mass is 233 g/mol. The van der Waals surface area contributed by atoms with Gasteiger partial charge < -0.3 is 10.1 Å². The molecule has 0 fully saturated rings. The van der Waals surface area contributed by atoms with Gasteiger partial charge in [0, 0.05) is 25.4 Å². The van der Waals surface area contributed by atoms with E-state index in [0.29, 0.717) is 6.04 Å². The van der Waals surface area contributed by atoms with Gasteiger partial charge in [-0.2, -0.15) is 11.8 Å². The van der Waals surface area contributed by atoms with Crippen LogP contribution in [-0.4, -0.2) is 36.8 Å². The highest BCUT2D eigenvalue weighted by atomic mass is 32.2. The lowest BCUT2D eigenvalue weighted by molar-refractivity contribution is 0.0219. The zero-order valence-electron chi connectivity index (χ0n) is 11.1. The first-order chi connectivity index (χ1) is 6.87. The maximum Gasteiger partial charge on any atom is 0.0746 e. The molecule has 0 aromatic carbocycles. The zero-order chi connectivity index (χ0) is 11.9. The Balaban J connectivity index is 3.53. The quantitative estimate of drug-likeness (QED) is 0.696. The highest BCUT2D eigenvalue weighted by molar-refractivity contribution is 7.99. The van der Waals surface area contributed by atoms with Gasteiger partial charge in [0.15, 0.2) is 0 Å². The van der Waals surface area contributed by atoms with Crippen LogP contribution in [0.15, 0.2) is 0 Å². The summed E-state index contributed by atoms with van der Waals surface area (Å²) in [7, 11) is 1.76. The first kappa shape index (κ1) is 15.3. The molecule has 0 aromatic heterocycles. The summed E-state index contributed by atoms with van der Waals surface area (Å²) in [4.78, 5) is 0.